The summed E-state index contributed by atoms with van der Waals surface area (Å²) in [5, 5.41) is 0. The van der Waals surface area contributed by atoms with Gasteiger partial charge in [-0.3, -0.25) is 4.79 Å². The number of nitrogens with zero attached hydrogens (tertiary/aromatic N) is 1. The Kier molecular flexibility index (Phi) is 4.12. The van der Waals surface area contributed by atoms with Crippen molar-refractivity contribution in [1.29, 1.82) is 0 Å². The van der Waals surface area contributed by atoms with E-state index in [1.807, 2.05) is 0 Å². The molecule has 98 valence electrons. The monoisotopic (exact) mass is 253 g/mol. The third-order valence-electron chi connectivity index (χ3n) is 3.21. The summed E-state index contributed by atoms with van der Waals surface area (Å²) in [6.45, 7) is 0. The number of ether oxygens (including phenoxy) is 2. The van der Waals surface area contributed by atoms with Crippen molar-refractivity contribution in [1.82, 2.24) is 4.98 Å². The molecule has 0 aromatic carbocycles. The van der Waals surface area contributed by atoms with Gasteiger partial charge in [0, 0.05) is 6.20 Å². The molecule has 4 nitrogen and oxygen atoms in total. The van der Waals surface area contributed by atoms with Gasteiger partial charge in [0.1, 0.15) is 6.10 Å². The van der Waals surface area contributed by atoms with E-state index >= 15 is 0 Å². The number of halogens is 1. The summed E-state index contributed by atoms with van der Waals surface area (Å²) in [6.07, 6.45) is 4.29. The molecule has 1 aromatic heterocycles. The summed E-state index contributed by atoms with van der Waals surface area (Å²) >= 11 is 0. The number of carbonyl (C=O) groups excluding carboxylic acids is 1. The van der Waals surface area contributed by atoms with Crippen molar-refractivity contribution in [2.45, 2.75) is 31.8 Å². The molecular weight excluding hydrogens is 237 g/mol. The van der Waals surface area contributed by atoms with Crippen molar-refractivity contribution in [3.05, 3.63) is 24.1 Å². The first-order valence-electron chi connectivity index (χ1n) is 6.05. The molecule has 0 bridgehead atoms. The maximum atomic E-state index is 13.3. The fourth-order valence-corrected chi connectivity index (χ4v) is 2.20. The molecule has 0 aliphatic heterocycles. The van der Waals surface area contributed by atoms with Crippen molar-refractivity contribution in [3.8, 4) is 5.88 Å². The Bertz CT molecular complexity index is 416. The molecule has 1 aliphatic rings. The van der Waals surface area contributed by atoms with E-state index in [0.717, 1.165) is 12.8 Å². The van der Waals surface area contributed by atoms with E-state index in [9.17, 15) is 9.18 Å². The van der Waals surface area contributed by atoms with E-state index in [1.54, 1.807) is 0 Å². The van der Waals surface area contributed by atoms with Gasteiger partial charge in [0.2, 0.25) is 0 Å². The van der Waals surface area contributed by atoms with E-state index in [-0.39, 0.29) is 23.9 Å². The zero-order valence-corrected chi connectivity index (χ0v) is 10.3. The minimum absolute atomic E-state index is 0.0408. The Hall–Kier alpha value is -1.65. The van der Waals surface area contributed by atoms with Crippen LogP contribution in [-0.4, -0.2) is 24.2 Å². The highest BCUT2D eigenvalue weighted by Crippen LogP contribution is 2.28. The molecule has 5 heteroatoms. The van der Waals surface area contributed by atoms with Crippen LogP contribution in [-0.2, 0) is 9.53 Å². The highest BCUT2D eigenvalue weighted by atomic mass is 19.1. The van der Waals surface area contributed by atoms with Gasteiger partial charge in [-0.25, -0.2) is 9.37 Å². The summed E-state index contributed by atoms with van der Waals surface area (Å²) in [5.74, 6) is -0.632. The summed E-state index contributed by atoms with van der Waals surface area (Å²) < 4.78 is 23.6. The lowest BCUT2D eigenvalue weighted by molar-refractivity contribution is -0.147. The molecule has 0 saturated heterocycles. The van der Waals surface area contributed by atoms with Crippen LogP contribution in [0.4, 0.5) is 4.39 Å². The van der Waals surface area contributed by atoms with E-state index in [1.165, 1.54) is 25.4 Å². The van der Waals surface area contributed by atoms with Crippen LogP contribution in [0.15, 0.2) is 18.3 Å². The van der Waals surface area contributed by atoms with E-state index in [0.29, 0.717) is 12.8 Å². The summed E-state index contributed by atoms with van der Waals surface area (Å²) in [5.41, 5.74) is 0. The highest BCUT2D eigenvalue weighted by molar-refractivity contribution is 5.72. The minimum Gasteiger partial charge on any atom is -0.472 e. The molecule has 1 aliphatic carbocycles. The molecule has 0 N–H and O–H groups in total. The molecule has 1 fully saturated rings. The normalized spacial score (nSPS) is 23.4. The standard InChI is InChI=1S/C13H16FNO3/c1-17-13(16)9-4-6-10(7-5-9)18-12-11(14)3-2-8-15-12/h2-3,8-10H,4-7H2,1H3/t9-,10+. The van der Waals surface area contributed by atoms with Gasteiger partial charge in [-0.1, -0.05) is 0 Å². The first kappa shape index (κ1) is 12.8. The fourth-order valence-electron chi connectivity index (χ4n) is 2.20. The Morgan fingerprint density at radius 2 is 2.11 bits per heavy atom. The Labute approximate surface area is 105 Å². The van der Waals surface area contributed by atoms with Crippen molar-refractivity contribution >= 4 is 5.97 Å². The Morgan fingerprint density at radius 3 is 2.72 bits per heavy atom. The fraction of sp³-hybridized carbons (Fsp3) is 0.538. The summed E-state index contributed by atoms with van der Waals surface area (Å²) in [4.78, 5) is 15.2. The minimum atomic E-state index is -0.451. The molecule has 2 rings (SSSR count). The van der Waals surface area contributed by atoms with Crippen LogP contribution < -0.4 is 4.74 Å². The number of hydrogen-bond acceptors (Lipinski definition) is 4. The van der Waals surface area contributed by atoms with Crippen molar-refractivity contribution in [2.24, 2.45) is 5.92 Å². The molecule has 18 heavy (non-hydrogen) atoms. The SMILES string of the molecule is COC(=O)[C@H]1CC[C@@H](Oc2ncccc2F)CC1. The Morgan fingerprint density at radius 1 is 1.39 bits per heavy atom. The van der Waals surface area contributed by atoms with Crippen LogP contribution in [0.1, 0.15) is 25.7 Å². The quantitative estimate of drug-likeness (QED) is 0.776. The number of rotatable bonds is 3. The zero-order chi connectivity index (χ0) is 13.0. The van der Waals surface area contributed by atoms with Crippen LogP contribution >= 0.6 is 0 Å². The van der Waals surface area contributed by atoms with Gasteiger partial charge in [0.15, 0.2) is 5.82 Å². The molecule has 1 heterocycles. The number of aromatic nitrogens is 1. The lowest BCUT2D eigenvalue weighted by atomic mass is 9.87. The van der Waals surface area contributed by atoms with E-state index in [2.05, 4.69) is 4.98 Å². The highest BCUT2D eigenvalue weighted by Gasteiger charge is 2.28. The molecule has 1 aromatic rings. The number of hydrogen-bond donors (Lipinski definition) is 0. The average molecular weight is 253 g/mol. The zero-order valence-electron chi connectivity index (χ0n) is 10.3. The first-order valence-corrected chi connectivity index (χ1v) is 6.05. The second kappa shape index (κ2) is 5.80. The van der Waals surface area contributed by atoms with Crippen LogP contribution in [0.2, 0.25) is 0 Å². The van der Waals surface area contributed by atoms with Gasteiger partial charge in [0.25, 0.3) is 5.88 Å². The van der Waals surface area contributed by atoms with Crippen LogP contribution in [0.5, 0.6) is 5.88 Å². The van der Waals surface area contributed by atoms with E-state index < -0.39 is 5.82 Å². The molecule has 0 amide bonds. The topological polar surface area (TPSA) is 48.4 Å². The molecule has 0 unspecified atom stereocenters. The van der Waals surface area contributed by atoms with Gasteiger partial charge < -0.3 is 9.47 Å². The molecular formula is C13H16FNO3. The van der Waals surface area contributed by atoms with Crippen molar-refractivity contribution < 1.29 is 18.7 Å². The smallest absolute Gasteiger partial charge is 0.308 e. The third-order valence-corrected chi connectivity index (χ3v) is 3.21. The molecule has 0 spiro atoms. The van der Waals surface area contributed by atoms with Crippen molar-refractivity contribution in [2.75, 3.05) is 7.11 Å². The van der Waals surface area contributed by atoms with Gasteiger partial charge in [-0.05, 0) is 37.8 Å². The van der Waals surface area contributed by atoms with Gasteiger partial charge in [-0.2, -0.15) is 0 Å². The number of carbonyl (C=O) groups is 1. The van der Waals surface area contributed by atoms with E-state index in [4.69, 9.17) is 9.47 Å². The van der Waals surface area contributed by atoms with Gasteiger partial charge in [0.05, 0.1) is 13.0 Å². The van der Waals surface area contributed by atoms with Crippen LogP contribution in [0.25, 0.3) is 0 Å². The first-order chi connectivity index (χ1) is 8.70. The Balaban J connectivity index is 1.87. The predicted molar refractivity (Wildman–Crippen MR) is 62.6 cm³/mol. The van der Waals surface area contributed by atoms with Gasteiger partial charge >= 0.3 is 5.97 Å². The number of methoxy groups -OCH3 is 1. The largest absolute Gasteiger partial charge is 0.472 e. The van der Waals surface area contributed by atoms with Gasteiger partial charge in [-0.15, -0.1) is 0 Å². The van der Waals surface area contributed by atoms with Crippen LogP contribution in [0, 0.1) is 11.7 Å². The molecule has 0 radical (unpaired) electrons. The lowest BCUT2D eigenvalue weighted by Crippen LogP contribution is -2.29. The average Bonchev–Trinajstić information content (AvgIpc) is 2.41. The summed E-state index contributed by atoms with van der Waals surface area (Å²) in [7, 11) is 1.40. The van der Waals surface area contributed by atoms with Crippen LogP contribution in [0.3, 0.4) is 0 Å². The second-order valence-electron chi connectivity index (χ2n) is 4.41. The predicted octanol–water partition coefficient (Wildman–Crippen LogP) is 2.33. The number of esters is 1. The second-order valence-corrected chi connectivity index (χ2v) is 4.41. The maximum absolute atomic E-state index is 13.3. The third kappa shape index (κ3) is 2.97. The van der Waals surface area contributed by atoms with Crippen molar-refractivity contribution in [3.63, 3.8) is 0 Å². The maximum Gasteiger partial charge on any atom is 0.308 e. The lowest BCUT2D eigenvalue weighted by Gasteiger charge is -2.27. The molecule has 0 atom stereocenters. The summed E-state index contributed by atoms with van der Waals surface area (Å²) in [6, 6.07) is 2.85. The number of pyridine rings is 1. The molecule has 1 saturated carbocycles.